The van der Waals surface area contributed by atoms with Gasteiger partial charge in [0.2, 0.25) is 0 Å². The first-order chi connectivity index (χ1) is 9.60. The lowest BCUT2D eigenvalue weighted by Crippen LogP contribution is -2.42. The maximum Gasteiger partial charge on any atom is 0.265 e. The zero-order chi connectivity index (χ0) is 14.5. The zero-order valence-electron chi connectivity index (χ0n) is 11.8. The monoisotopic (exact) mass is 298 g/mol. The van der Waals surface area contributed by atoms with Gasteiger partial charge in [0.05, 0.1) is 12.8 Å². The molecule has 20 heavy (non-hydrogen) atoms. The van der Waals surface area contributed by atoms with Gasteiger partial charge in [0.15, 0.2) is 5.13 Å². The van der Waals surface area contributed by atoms with E-state index in [1.165, 1.54) is 17.5 Å². The summed E-state index contributed by atoms with van der Waals surface area (Å²) in [7, 11) is 1.82. The molecule has 1 saturated heterocycles. The Balaban J connectivity index is 1.87. The molecule has 2 rings (SSSR count). The van der Waals surface area contributed by atoms with E-state index in [0.717, 1.165) is 39.0 Å². The molecule has 0 spiro atoms. The van der Waals surface area contributed by atoms with Crippen LogP contribution in [0.5, 0.6) is 0 Å². The number of carbonyl (C=O) groups is 1. The summed E-state index contributed by atoms with van der Waals surface area (Å²) in [4.78, 5) is 20.7. The average Bonchev–Trinajstić information content (AvgIpc) is 2.85. The minimum atomic E-state index is -0.0153. The van der Waals surface area contributed by atoms with E-state index < -0.39 is 0 Å². The predicted octanol–water partition coefficient (Wildman–Crippen LogP) is 0.502. The Morgan fingerprint density at radius 3 is 3.15 bits per heavy atom. The summed E-state index contributed by atoms with van der Waals surface area (Å²) in [6.07, 6.45) is 3.79. The average molecular weight is 298 g/mol. The Morgan fingerprint density at radius 2 is 2.50 bits per heavy atom. The van der Waals surface area contributed by atoms with Gasteiger partial charge in [0, 0.05) is 26.7 Å². The first-order valence-corrected chi connectivity index (χ1v) is 7.71. The van der Waals surface area contributed by atoms with Crippen LogP contribution in [-0.4, -0.2) is 65.6 Å². The molecule has 1 fully saturated rings. The molecule has 0 bridgehead atoms. The van der Waals surface area contributed by atoms with Crippen molar-refractivity contribution >= 4 is 22.4 Å². The number of amides is 1. The van der Waals surface area contributed by atoms with Crippen LogP contribution in [0.2, 0.25) is 0 Å². The fourth-order valence-corrected chi connectivity index (χ4v) is 3.37. The molecule has 0 saturated carbocycles. The molecule has 3 N–H and O–H groups in total. The van der Waals surface area contributed by atoms with Crippen molar-refractivity contribution in [2.24, 2.45) is 5.92 Å². The number of rotatable bonds is 5. The topological polar surface area (TPSA) is 82.7 Å². The van der Waals surface area contributed by atoms with Crippen LogP contribution in [0.3, 0.4) is 0 Å². The molecule has 0 aromatic carbocycles. The lowest BCUT2D eigenvalue weighted by atomic mass is 9.97. The number of aliphatic hydroxyl groups excluding tert-OH is 1. The van der Waals surface area contributed by atoms with E-state index in [1.54, 1.807) is 4.90 Å². The van der Waals surface area contributed by atoms with Crippen molar-refractivity contribution in [3.05, 3.63) is 11.1 Å². The van der Waals surface area contributed by atoms with E-state index in [0.29, 0.717) is 15.9 Å². The number of nitrogens with zero attached hydrogens (tertiary/aromatic N) is 3. The summed E-state index contributed by atoms with van der Waals surface area (Å²) >= 11 is 1.23. The fourth-order valence-electron chi connectivity index (χ4n) is 2.69. The van der Waals surface area contributed by atoms with Crippen LogP contribution in [0, 0.1) is 5.92 Å². The molecule has 1 aliphatic heterocycles. The highest BCUT2D eigenvalue weighted by Crippen LogP contribution is 2.20. The standard InChI is InChI=1S/C13H22N4O2S/c1-16(12(19)11-7-15-13(14)20-11)8-10-3-2-4-17(9-10)5-6-18/h7,10,18H,2-6,8-9H2,1H3,(H2,14,15). The van der Waals surface area contributed by atoms with E-state index in [9.17, 15) is 4.79 Å². The molecule has 1 amide bonds. The predicted molar refractivity (Wildman–Crippen MR) is 79.7 cm³/mol. The van der Waals surface area contributed by atoms with Crippen molar-refractivity contribution in [2.75, 3.05) is 45.6 Å². The molecule has 0 radical (unpaired) electrons. The van der Waals surface area contributed by atoms with Crippen LogP contribution in [0.15, 0.2) is 6.20 Å². The minimum Gasteiger partial charge on any atom is -0.395 e. The number of carbonyl (C=O) groups excluding carboxylic acids is 1. The van der Waals surface area contributed by atoms with Crippen molar-refractivity contribution in [3.8, 4) is 0 Å². The van der Waals surface area contributed by atoms with Gasteiger partial charge in [-0.15, -0.1) is 0 Å². The first kappa shape index (κ1) is 15.2. The zero-order valence-corrected chi connectivity index (χ0v) is 12.6. The second-order valence-electron chi connectivity index (χ2n) is 5.28. The van der Waals surface area contributed by atoms with Crippen LogP contribution in [0.1, 0.15) is 22.5 Å². The van der Waals surface area contributed by atoms with Crippen LogP contribution in [0.25, 0.3) is 0 Å². The maximum absolute atomic E-state index is 12.2. The summed E-state index contributed by atoms with van der Waals surface area (Å²) in [6.45, 7) is 3.64. The molecule has 6 nitrogen and oxygen atoms in total. The smallest absolute Gasteiger partial charge is 0.265 e. The van der Waals surface area contributed by atoms with E-state index in [1.807, 2.05) is 7.05 Å². The Hall–Kier alpha value is -1.18. The number of aliphatic hydroxyl groups is 1. The van der Waals surface area contributed by atoms with Gasteiger partial charge in [-0.3, -0.25) is 4.79 Å². The summed E-state index contributed by atoms with van der Waals surface area (Å²) in [6, 6.07) is 0. The molecule has 1 atom stereocenters. The minimum absolute atomic E-state index is 0.0153. The number of hydrogen-bond donors (Lipinski definition) is 2. The van der Waals surface area contributed by atoms with Crippen LogP contribution in [-0.2, 0) is 0 Å². The largest absolute Gasteiger partial charge is 0.395 e. The molecule has 0 aliphatic carbocycles. The SMILES string of the molecule is CN(CC1CCCN(CCO)C1)C(=O)c1cnc(N)s1. The molecule has 7 heteroatoms. The molecule has 1 aromatic heterocycles. The second-order valence-corrected chi connectivity index (χ2v) is 6.34. The number of piperidine rings is 1. The number of aromatic nitrogens is 1. The lowest BCUT2D eigenvalue weighted by molar-refractivity contribution is 0.0721. The van der Waals surface area contributed by atoms with E-state index in [4.69, 9.17) is 10.8 Å². The van der Waals surface area contributed by atoms with Gasteiger partial charge in [-0.05, 0) is 25.3 Å². The summed E-state index contributed by atoms with van der Waals surface area (Å²) in [5.41, 5.74) is 5.56. The number of likely N-dealkylation sites (tertiary alicyclic amines) is 1. The van der Waals surface area contributed by atoms with Crippen LogP contribution in [0.4, 0.5) is 5.13 Å². The highest BCUT2D eigenvalue weighted by atomic mass is 32.1. The fraction of sp³-hybridized carbons (Fsp3) is 0.692. The third-order valence-electron chi connectivity index (χ3n) is 3.63. The number of nitrogens with two attached hydrogens (primary N) is 1. The van der Waals surface area contributed by atoms with E-state index in [-0.39, 0.29) is 12.5 Å². The molecule has 2 heterocycles. The normalized spacial score (nSPS) is 20.0. The van der Waals surface area contributed by atoms with Gasteiger partial charge in [-0.1, -0.05) is 11.3 Å². The molecule has 1 unspecified atom stereocenters. The molecule has 1 aromatic rings. The summed E-state index contributed by atoms with van der Waals surface area (Å²) in [5.74, 6) is 0.452. The maximum atomic E-state index is 12.2. The number of hydrogen-bond acceptors (Lipinski definition) is 6. The van der Waals surface area contributed by atoms with Crippen molar-refractivity contribution in [1.82, 2.24) is 14.8 Å². The Kier molecular flexibility index (Phi) is 5.33. The van der Waals surface area contributed by atoms with E-state index >= 15 is 0 Å². The molecule has 1 aliphatic rings. The highest BCUT2D eigenvalue weighted by Gasteiger charge is 2.23. The number of nitrogen functional groups attached to an aromatic ring is 1. The van der Waals surface area contributed by atoms with E-state index in [2.05, 4.69) is 9.88 Å². The molecular formula is C13H22N4O2S. The van der Waals surface area contributed by atoms with Gasteiger partial charge in [-0.25, -0.2) is 4.98 Å². The second kappa shape index (κ2) is 7.01. The van der Waals surface area contributed by atoms with Gasteiger partial charge < -0.3 is 20.6 Å². The van der Waals surface area contributed by atoms with Crippen molar-refractivity contribution in [3.63, 3.8) is 0 Å². The van der Waals surface area contributed by atoms with Gasteiger partial charge in [-0.2, -0.15) is 0 Å². The van der Waals surface area contributed by atoms with Crippen molar-refractivity contribution in [2.45, 2.75) is 12.8 Å². The number of anilines is 1. The lowest BCUT2D eigenvalue weighted by Gasteiger charge is -2.34. The van der Waals surface area contributed by atoms with Gasteiger partial charge in [0.1, 0.15) is 4.88 Å². The highest BCUT2D eigenvalue weighted by molar-refractivity contribution is 7.17. The third-order valence-corrected chi connectivity index (χ3v) is 4.45. The Labute approximate surface area is 123 Å². The van der Waals surface area contributed by atoms with Gasteiger partial charge >= 0.3 is 0 Å². The Morgan fingerprint density at radius 1 is 1.70 bits per heavy atom. The van der Waals surface area contributed by atoms with Crippen LogP contribution < -0.4 is 5.73 Å². The van der Waals surface area contributed by atoms with Crippen molar-refractivity contribution in [1.29, 1.82) is 0 Å². The van der Waals surface area contributed by atoms with Gasteiger partial charge in [0.25, 0.3) is 5.91 Å². The first-order valence-electron chi connectivity index (χ1n) is 6.90. The van der Waals surface area contributed by atoms with Crippen LogP contribution >= 0.6 is 11.3 Å². The number of β-amino-alcohol motifs (C(OH)–C–C–N with tert-alkyl or cyclic N) is 1. The quantitative estimate of drug-likeness (QED) is 0.827. The Bertz CT molecular complexity index is 449. The molecule has 112 valence electrons. The number of thiazole rings is 1. The third kappa shape index (κ3) is 3.91. The molecular weight excluding hydrogens is 276 g/mol. The summed E-state index contributed by atoms with van der Waals surface area (Å²) in [5, 5.41) is 9.43. The van der Waals surface area contributed by atoms with Crippen molar-refractivity contribution < 1.29 is 9.90 Å². The summed E-state index contributed by atoms with van der Waals surface area (Å²) < 4.78 is 0.